The van der Waals surface area contributed by atoms with E-state index in [-0.39, 0.29) is 6.04 Å². The first-order valence-electron chi connectivity index (χ1n) is 6.42. The van der Waals surface area contributed by atoms with Gasteiger partial charge in [0.2, 0.25) is 0 Å². The van der Waals surface area contributed by atoms with Gasteiger partial charge in [0.05, 0.1) is 13.2 Å². The monoisotopic (exact) mass is 253 g/mol. The summed E-state index contributed by atoms with van der Waals surface area (Å²) >= 11 is 1.84. The lowest BCUT2D eigenvalue weighted by atomic mass is 9.92. The number of aryl methyl sites for hydroxylation is 1. The Balaban J connectivity index is 1.99. The van der Waals surface area contributed by atoms with Crippen LogP contribution in [0.15, 0.2) is 6.07 Å². The van der Waals surface area contributed by atoms with E-state index >= 15 is 0 Å². The van der Waals surface area contributed by atoms with E-state index < -0.39 is 5.79 Å². The molecule has 1 fully saturated rings. The molecular formula is C13H19NO2S. The summed E-state index contributed by atoms with van der Waals surface area (Å²) in [5.41, 5.74) is 7.38. The lowest BCUT2D eigenvalue weighted by Gasteiger charge is -2.31. The van der Waals surface area contributed by atoms with Crippen molar-refractivity contribution in [1.29, 1.82) is 0 Å². The minimum atomic E-state index is -0.435. The Bertz CT molecular complexity index is 410. The highest BCUT2D eigenvalue weighted by atomic mass is 32.1. The van der Waals surface area contributed by atoms with Crippen LogP contribution in [0, 0.1) is 0 Å². The molecule has 4 heteroatoms. The molecule has 17 heavy (non-hydrogen) atoms. The molecule has 1 unspecified atom stereocenters. The van der Waals surface area contributed by atoms with Crippen LogP contribution in [0.5, 0.6) is 0 Å². The molecular weight excluding hydrogens is 234 g/mol. The Morgan fingerprint density at radius 1 is 1.47 bits per heavy atom. The highest BCUT2D eigenvalue weighted by Crippen LogP contribution is 2.46. The van der Waals surface area contributed by atoms with E-state index in [2.05, 4.69) is 13.0 Å². The summed E-state index contributed by atoms with van der Waals surface area (Å²) < 4.78 is 11.8. The summed E-state index contributed by atoms with van der Waals surface area (Å²) in [4.78, 5) is 2.69. The van der Waals surface area contributed by atoms with Gasteiger partial charge in [0.15, 0.2) is 5.79 Å². The highest BCUT2D eigenvalue weighted by molar-refractivity contribution is 7.12. The Morgan fingerprint density at radius 2 is 2.24 bits per heavy atom. The quantitative estimate of drug-likeness (QED) is 0.881. The SMILES string of the molecule is CCC(N)c1cc2c(s1)CCCC21OCCO1. The fourth-order valence-corrected chi connectivity index (χ4v) is 4.06. The van der Waals surface area contributed by atoms with Crippen LogP contribution in [-0.4, -0.2) is 13.2 Å². The largest absolute Gasteiger partial charge is 0.343 e. The van der Waals surface area contributed by atoms with Gasteiger partial charge < -0.3 is 15.2 Å². The number of fused-ring (bicyclic) bond motifs is 2. The predicted molar refractivity (Wildman–Crippen MR) is 68.1 cm³/mol. The lowest BCUT2D eigenvalue weighted by molar-refractivity contribution is -0.175. The summed E-state index contributed by atoms with van der Waals surface area (Å²) in [6.07, 6.45) is 4.25. The van der Waals surface area contributed by atoms with Crippen LogP contribution >= 0.6 is 11.3 Å². The first-order chi connectivity index (χ1) is 8.25. The summed E-state index contributed by atoms with van der Waals surface area (Å²) in [7, 11) is 0. The topological polar surface area (TPSA) is 44.5 Å². The van der Waals surface area contributed by atoms with Gasteiger partial charge in [0.1, 0.15) is 0 Å². The maximum Gasteiger partial charge on any atom is 0.196 e. The molecule has 1 aromatic rings. The van der Waals surface area contributed by atoms with Gasteiger partial charge in [-0.1, -0.05) is 6.92 Å². The Kier molecular flexibility index (Phi) is 2.99. The predicted octanol–water partition coefficient (Wildman–Crippen LogP) is 2.69. The second kappa shape index (κ2) is 4.35. The van der Waals surface area contributed by atoms with Crippen molar-refractivity contribution in [1.82, 2.24) is 0 Å². The molecule has 0 amide bonds. The van der Waals surface area contributed by atoms with Crippen molar-refractivity contribution < 1.29 is 9.47 Å². The minimum absolute atomic E-state index is 0.157. The van der Waals surface area contributed by atoms with Crippen LogP contribution in [0.25, 0.3) is 0 Å². The van der Waals surface area contributed by atoms with Gasteiger partial charge in [-0.05, 0) is 25.3 Å². The molecule has 1 saturated heterocycles. The molecule has 0 aromatic carbocycles. The second-order valence-corrected chi connectivity index (χ2v) is 5.97. The van der Waals surface area contributed by atoms with E-state index in [4.69, 9.17) is 15.2 Å². The number of thiophene rings is 1. The number of hydrogen-bond acceptors (Lipinski definition) is 4. The van der Waals surface area contributed by atoms with Crippen molar-refractivity contribution in [3.8, 4) is 0 Å². The van der Waals surface area contributed by atoms with Crippen molar-refractivity contribution in [3.63, 3.8) is 0 Å². The normalized spacial score (nSPS) is 23.9. The Labute approximate surface area is 106 Å². The van der Waals surface area contributed by atoms with Crippen LogP contribution in [0.2, 0.25) is 0 Å². The van der Waals surface area contributed by atoms with Crippen molar-refractivity contribution >= 4 is 11.3 Å². The van der Waals surface area contributed by atoms with Gasteiger partial charge in [-0.3, -0.25) is 0 Å². The molecule has 2 heterocycles. The van der Waals surface area contributed by atoms with E-state index in [1.165, 1.54) is 15.3 Å². The molecule has 1 aliphatic carbocycles. The molecule has 94 valence electrons. The van der Waals surface area contributed by atoms with Gasteiger partial charge in [-0.25, -0.2) is 0 Å². The maximum absolute atomic E-state index is 6.12. The van der Waals surface area contributed by atoms with Crippen molar-refractivity contribution in [2.45, 2.75) is 44.4 Å². The summed E-state index contributed by atoms with van der Waals surface area (Å²) in [5, 5.41) is 0. The number of rotatable bonds is 2. The van der Waals surface area contributed by atoms with Gasteiger partial charge in [-0.15, -0.1) is 11.3 Å². The summed E-state index contributed by atoms with van der Waals surface area (Å²) in [6.45, 7) is 3.55. The summed E-state index contributed by atoms with van der Waals surface area (Å²) in [6, 6.07) is 2.38. The number of ether oxygens (including phenoxy) is 2. The van der Waals surface area contributed by atoms with Crippen molar-refractivity contribution in [2.75, 3.05) is 13.2 Å². The van der Waals surface area contributed by atoms with E-state index in [1.807, 2.05) is 11.3 Å². The third kappa shape index (κ3) is 1.83. The molecule has 3 nitrogen and oxygen atoms in total. The standard InChI is InChI=1S/C13H19NO2S/c1-2-10(14)12-8-9-11(17-12)4-3-5-13(9)15-6-7-16-13/h8,10H,2-7,14H2,1H3. The van der Waals surface area contributed by atoms with E-state index in [0.29, 0.717) is 13.2 Å². The van der Waals surface area contributed by atoms with Crippen LogP contribution in [0.3, 0.4) is 0 Å². The fourth-order valence-electron chi connectivity index (χ4n) is 2.71. The first kappa shape index (κ1) is 11.7. The zero-order valence-corrected chi connectivity index (χ0v) is 11.0. The van der Waals surface area contributed by atoms with Crippen LogP contribution < -0.4 is 5.73 Å². The third-order valence-electron chi connectivity index (χ3n) is 3.71. The lowest BCUT2D eigenvalue weighted by Crippen LogP contribution is -2.30. The molecule has 0 bridgehead atoms. The molecule has 2 aliphatic rings. The fraction of sp³-hybridized carbons (Fsp3) is 0.692. The number of hydrogen-bond donors (Lipinski definition) is 1. The number of nitrogens with two attached hydrogens (primary N) is 1. The van der Waals surface area contributed by atoms with Crippen LogP contribution in [0.4, 0.5) is 0 Å². The summed E-state index contributed by atoms with van der Waals surface area (Å²) in [5.74, 6) is -0.435. The molecule has 2 N–H and O–H groups in total. The van der Waals surface area contributed by atoms with Gasteiger partial charge in [0, 0.05) is 27.8 Å². The zero-order chi connectivity index (χ0) is 11.9. The zero-order valence-electron chi connectivity index (χ0n) is 10.2. The first-order valence-corrected chi connectivity index (χ1v) is 7.23. The van der Waals surface area contributed by atoms with E-state index in [1.54, 1.807) is 0 Å². The molecule has 0 radical (unpaired) electrons. The molecule has 1 aromatic heterocycles. The van der Waals surface area contributed by atoms with Gasteiger partial charge in [-0.2, -0.15) is 0 Å². The average molecular weight is 253 g/mol. The van der Waals surface area contributed by atoms with E-state index in [9.17, 15) is 0 Å². The van der Waals surface area contributed by atoms with E-state index in [0.717, 1.165) is 25.7 Å². The smallest absolute Gasteiger partial charge is 0.196 e. The molecule has 1 atom stereocenters. The van der Waals surface area contributed by atoms with Gasteiger partial charge in [0.25, 0.3) is 0 Å². The Morgan fingerprint density at radius 3 is 2.94 bits per heavy atom. The molecule has 0 saturated carbocycles. The van der Waals surface area contributed by atoms with Crippen molar-refractivity contribution in [3.05, 3.63) is 21.4 Å². The Hall–Kier alpha value is -0.420. The van der Waals surface area contributed by atoms with Gasteiger partial charge >= 0.3 is 0 Å². The molecule has 3 rings (SSSR count). The average Bonchev–Trinajstić information content (AvgIpc) is 2.96. The third-order valence-corrected chi connectivity index (χ3v) is 5.03. The second-order valence-electron chi connectivity index (χ2n) is 4.80. The van der Waals surface area contributed by atoms with Crippen LogP contribution in [-0.2, 0) is 21.7 Å². The molecule has 1 aliphatic heterocycles. The maximum atomic E-state index is 6.12. The highest BCUT2D eigenvalue weighted by Gasteiger charge is 2.43. The minimum Gasteiger partial charge on any atom is -0.343 e. The van der Waals surface area contributed by atoms with Crippen molar-refractivity contribution in [2.24, 2.45) is 5.73 Å². The van der Waals surface area contributed by atoms with Crippen LogP contribution in [0.1, 0.15) is 47.5 Å². The molecule has 1 spiro atoms.